The highest BCUT2D eigenvalue weighted by atomic mass is 19.4. The number of alkyl halides is 3. The summed E-state index contributed by atoms with van der Waals surface area (Å²) >= 11 is 0. The van der Waals surface area contributed by atoms with Crippen molar-refractivity contribution in [1.29, 1.82) is 0 Å². The van der Waals surface area contributed by atoms with Crippen molar-refractivity contribution in [2.75, 3.05) is 18.9 Å². The van der Waals surface area contributed by atoms with Gasteiger partial charge >= 0.3 is 12.2 Å². The van der Waals surface area contributed by atoms with Gasteiger partial charge in [0.05, 0.1) is 6.04 Å². The summed E-state index contributed by atoms with van der Waals surface area (Å²) in [5.74, 6) is -2.76. The smallest absolute Gasteiger partial charge is 0.373 e. The van der Waals surface area contributed by atoms with E-state index in [1.165, 1.54) is 11.9 Å². The molecule has 1 aliphatic heterocycles. The molecule has 3 aliphatic rings. The van der Waals surface area contributed by atoms with Crippen LogP contribution >= 0.6 is 0 Å². The SMILES string of the molecule is CN1C(=O)NC(=O)[C@@]12Cc1ccc(NC(=O)CN(C(=O)[C@](C)(O)C(F)(F)F)[C@@H]3CCc4ccccc43)cc1C2. The molecule has 1 heterocycles. The predicted molar refractivity (Wildman–Crippen MR) is 132 cm³/mol. The summed E-state index contributed by atoms with van der Waals surface area (Å²) in [6, 6.07) is 10.6. The normalized spacial score (nSPS) is 23.3. The van der Waals surface area contributed by atoms with Gasteiger partial charge < -0.3 is 20.2 Å². The largest absolute Gasteiger partial charge is 0.426 e. The number of nitrogens with one attached hydrogen (secondary N) is 2. The number of fused-ring (bicyclic) bond motifs is 2. The lowest BCUT2D eigenvalue weighted by atomic mass is 9.95. The minimum atomic E-state index is -5.24. The predicted octanol–water partition coefficient (Wildman–Crippen LogP) is 2.47. The van der Waals surface area contributed by atoms with Gasteiger partial charge in [0.1, 0.15) is 12.1 Å². The maximum atomic E-state index is 13.6. The summed E-state index contributed by atoms with van der Waals surface area (Å²) in [4.78, 5) is 52.8. The lowest BCUT2D eigenvalue weighted by Crippen LogP contribution is -2.57. The number of carbonyl (C=O) groups is 4. The molecule has 12 heteroatoms. The Balaban J connectivity index is 1.37. The monoisotopic (exact) mass is 544 g/mol. The fourth-order valence-electron chi connectivity index (χ4n) is 5.71. The van der Waals surface area contributed by atoms with Crippen molar-refractivity contribution in [3.8, 4) is 0 Å². The molecule has 1 saturated heterocycles. The van der Waals surface area contributed by atoms with Gasteiger partial charge in [-0.2, -0.15) is 13.2 Å². The Kier molecular flexibility index (Phi) is 6.21. The van der Waals surface area contributed by atoms with Crippen molar-refractivity contribution in [1.82, 2.24) is 15.1 Å². The van der Waals surface area contributed by atoms with Crippen LogP contribution in [0.1, 0.15) is 41.6 Å². The van der Waals surface area contributed by atoms with E-state index in [9.17, 15) is 37.5 Å². The average Bonchev–Trinajstić information content (AvgIpc) is 3.52. The maximum absolute atomic E-state index is 13.6. The van der Waals surface area contributed by atoms with Gasteiger partial charge in [0, 0.05) is 25.6 Å². The first kappa shape index (κ1) is 26.7. The minimum Gasteiger partial charge on any atom is -0.373 e. The summed E-state index contributed by atoms with van der Waals surface area (Å²) in [6.07, 6.45) is -3.88. The van der Waals surface area contributed by atoms with Crippen LogP contribution in [0.3, 0.4) is 0 Å². The van der Waals surface area contributed by atoms with E-state index in [-0.39, 0.29) is 6.42 Å². The number of benzene rings is 2. The van der Waals surface area contributed by atoms with E-state index < -0.39 is 53.7 Å². The number of amides is 5. The minimum absolute atomic E-state index is 0.234. The van der Waals surface area contributed by atoms with Crippen LogP contribution in [-0.4, -0.2) is 69.6 Å². The number of anilines is 1. The molecule has 2 aliphatic carbocycles. The molecule has 3 atom stereocenters. The molecule has 1 spiro atoms. The van der Waals surface area contributed by atoms with Crippen LogP contribution in [0.2, 0.25) is 0 Å². The molecule has 2 aromatic carbocycles. The van der Waals surface area contributed by atoms with E-state index in [4.69, 9.17) is 0 Å². The third-order valence-corrected chi connectivity index (χ3v) is 8.07. The molecular weight excluding hydrogens is 517 g/mol. The summed E-state index contributed by atoms with van der Waals surface area (Å²) in [7, 11) is 1.54. The van der Waals surface area contributed by atoms with E-state index >= 15 is 0 Å². The first-order valence-electron chi connectivity index (χ1n) is 12.4. The van der Waals surface area contributed by atoms with Gasteiger partial charge in [0.25, 0.3) is 11.8 Å². The van der Waals surface area contributed by atoms with Crippen molar-refractivity contribution >= 4 is 29.4 Å². The number of rotatable bonds is 5. The Morgan fingerprint density at radius 2 is 1.82 bits per heavy atom. The Hall–Kier alpha value is -3.93. The quantitative estimate of drug-likeness (QED) is 0.500. The zero-order valence-corrected chi connectivity index (χ0v) is 21.3. The molecule has 5 amide bonds. The summed E-state index contributed by atoms with van der Waals surface area (Å²) < 4.78 is 40.8. The first-order valence-corrected chi connectivity index (χ1v) is 12.4. The van der Waals surface area contributed by atoms with Crippen LogP contribution in [0.5, 0.6) is 0 Å². The lowest BCUT2D eigenvalue weighted by Gasteiger charge is -2.35. The number of carbonyl (C=O) groups excluding carboxylic acids is 4. The lowest BCUT2D eigenvalue weighted by molar-refractivity contribution is -0.251. The molecule has 0 unspecified atom stereocenters. The Morgan fingerprint density at radius 1 is 1.13 bits per heavy atom. The van der Waals surface area contributed by atoms with E-state index in [1.807, 2.05) is 6.07 Å². The van der Waals surface area contributed by atoms with Crippen molar-refractivity contribution < 1.29 is 37.5 Å². The van der Waals surface area contributed by atoms with Crippen LogP contribution in [-0.2, 0) is 33.6 Å². The van der Waals surface area contributed by atoms with Crippen LogP contribution in [0, 0.1) is 0 Å². The maximum Gasteiger partial charge on any atom is 0.426 e. The van der Waals surface area contributed by atoms with Crippen LogP contribution < -0.4 is 10.6 Å². The molecule has 5 rings (SSSR count). The molecule has 3 N–H and O–H groups in total. The van der Waals surface area contributed by atoms with Crippen molar-refractivity contribution in [2.45, 2.75) is 56.0 Å². The van der Waals surface area contributed by atoms with Gasteiger partial charge in [-0.15, -0.1) is 0 Å². The van der Waals surface area contributed by atoms with Gasteiger partial charge in [0.15, 0.2) is 0 Å². The average molecular weight is 545 g/mol. The number of likely N-dealkylation sites (N-methyl/N-ethyl adjacent to an activating group) is 1. The standard InChI is InChI=1S/C27H27F3N4O5/c1-25(39,27(28,29)30)23(37)34(20-10-8-15-5-3-4-6-19(15)20)14-21(35)31-18-9-7-16-12-26(13-17(16)11-18)22(36)32-24(38)33(26)2/h3-7,9,11,20,39H,8,10,12-14H2,1-2H3,(H,31,35)(H,32,36,38)/t20-,25+,26+/m1/s1. The third-order valence-electron chi connectivity index (χ3n) is 8.07. The highest BCUT2D eigenvalue weighted by molar-refractivity contribution is 6.07. The number of hydrogen-bond donors (Lipinski definition) is 3. The van der Waals surface area contributed by atoms with Crippen molar-refractivity contribution in [3.05, 3.63) is 64.7 Å². The molecule has 0 saturated carbocycles. The van der Waals surface area contributed by atoms with Gasteiger partial charge in [0.2, 0.25) is 11.5 Å². The van der Waals surface area contributed by atoms with Gasteiger partial charge in [-0.3, -0.25) is 19.7 Å². The number of hydrogen-bond acceptors (Lipinski definition) is 5. The van der Waals surface area contributed by atoms with E-state index in [0.717, 1.165) is 21.6 Å². The molecule has 206 valence electrons. The van der Waals surface area contributed by atoms with Gasteiger partial charge in [-0.1, -0.05) is 30.3 Å². The highest BCUT2D eigenvalue weighted by Crippen LogP contribution is 2.40. The second-order valence-electron chi connectivity index (χ2n) is 10.5. The van der Waals surface area contributed by atoms with E-state index in [1.54, 1.807) is 36.4 Å². The van der Waals surface area contributed by atoms with E-state index in [2.05, 4.69) is 10.6 Å². The zero-order valence-electron chi connectivity index (χ0n) is 21.3. The molecule has 0 radical (unpaired) electrons. The molecule has 1 fully saturated rings. The van der Waals surface area contributed by atoms with Gasteiger partial charge in [-0.05, 0) is 54.2 Å². The van der Waals surface area contributed by atoms with Crippen molar-refractivity contribution in [2.24, 2.45) is 0 Å². The molecular formula is C27H27F3N4O5. The first-order chi connectivity index (χ1) is 18.2. The van der Waals surface area contributed by atoms with Crippen LogP contribution in [0.4, 0.5) is 23.7 Å². The summed E-state index contributed by atoms with van der Waals surface area (Å²) in [5.41, 5.74) is -1.35. The molecule has 2 aromatic rings. The summed E-state index contributed by atoms with van der Waals surface area (Å²) in [5, 5.41) is 15.1. The van der Waals surface area contributed by atoms with Crippen molar-refractivity contribution in [3.63, 3.8) is 0 Å². The number of aliphatic hydroxyl groups is 1. The topological polar surface area (TPSA) is 119 Å². The molecule has 0 aromatic heterocycles. The molecule has 0 bridgehead atoms. The second-order valence-corrected chi connectivity index (χ2v) is 10.5. The van der Waals surface area contributed by atoms with Crippen LogP contribution in [0.25, 0.3) is 0 Å². The Morgan fingerprint density at radius 3 is 2.49 bits per heavy atom. The molecule has 39 heavy (non-hydrogen) atoms. The third kappa shape index (κ3) is 4.32. The number of urea groups is 1. The second kappa shape index (κ2) is 9.08. The fourth-order valence-corrected chi connectivity index (χ4v) is 5.71. The number of imide groups is 1. The van der Waals surface area contributed by atoms with Crippen LogP contribution in [0.15, 0.2) is 42.5 Å². The fraction of sp³-hybridized carbons (Fsp3) is 0.407. The number of halogens is 3. The number of aryl methyl sites for hydroxylation is 1. The Bertz CT molecular complexity index is 1390. The highest BCUT2D eigenvalue weighted by Gasteiger charge is 2.58. The molecule has 9 nitrogen and oxygen atoms in total. The zero-order chi connectivity index (χ0) is 28.3. The number of nitrogens with zero attached hydrogens (tertiary/aromatic N) is 2. The Labute approximate surface area is 222 Å². The summed E-state index contributed by atoms with van der Waals surface area (Å²) in [6.45, 7) is -0.330. The van der Waals surface area contributed by atoms with Gasteiger partial charge in [-0.25, -0.2) is 4.79 Å². The van der Waals surface area contributed by atoms with E-state index in [0.29, 0.717) is 37.4 Å².